The van der Waals surface area contributed by atoms with E-state index in [1.54, 1.807) is 0 Å². The molecular weight excluding hydrogens is 284 g/mol. The lowest BCUT2D eigenvalue weighted by Gasteiger charge is -2.05. The van der Waals surface area contributed by atoms with Gasteiger partial charge in [-0.2, -0.15) is 15.6 Å². The second kappa shape index (κ2) is 5.71. The first-order valence-electron chi connectivity index (χ1n) is 4.38. The van der Waals surface area contributed by atoms with Crippen LogP contribution in [0.5, 0.6) is 0 Å². The van der Waals surface area contributed by atoms with Crippen molar-refractivity contribution in [2.75, 3.05) is 5.43 Å². The van der Waals surface area contributed by atoms with E-state index in [0.717, 1.165) is 0 Å². The summed E-state index contributed by atoms with van der Waals surface area (Å²) < 4.78 is 26.6. The van der Waals surface area contributed by atoms with Crippen LogP contribution in [0.25, 0.3) is 0 Å². The molecule has 1 N–H and O–H groups in total. The van der Waals surface area contributed by atoms with E-state index in [2.05, 4.69) is 5.10 Å². The van der Waals surface area contributed by atoms with E-state index in [1.807, 2.05) is 5.43 Å². The molecule has 0 aromatic heterocycles. The minimum Gasteiger partial charge on any atom is -0.267 e. The van der Waals surface area contributed by atoms with Gasteiger partial charge in [0.2, 0.25) is 5.71 Å². The van der Waals surface area contributed by atoms with Crippen molar-refractivity contribution in [2.24, 2.45) is 5.10 Å². The Kier molecular flexibility index (Phi) is 4.29. The molecule has 19 heavy (non-hydrogen) atoms. The molecule has 0 saturated carbocycles. The van der Waals surface area contributed by atoms with Crippen LogP contribution in [0.2, 0.25) is 5.02 Å². The minimum absolute atomic E-state index is 0.391. The number of rotatable bonds is 3. The van der Waals surface area contributed by atoms with Crippen molar-refractivity contribution in [3.63, 3.8) is 0 Å². The number of hydrogen-bond acceptors (Lipinski definition) is 6. The van der Waals surface area contributed by atoms with Gasteiger partial charge in [-0.15, -0.1) is 0 Å². The standard InChI is InChI=1S/C9H2ClF2N5O2/c10-7-5(11)1-6(17(18)19)9(8(7)12)16-15-4(2-13)3-14/h1,16H. The largest absolute Gasteiger partial charge is 0.300 e. The Hall–Kier alpha value is -2.78. The molecule has 0 spiro atoms. The number of nitrogens with zero attached hydrogens (tertiary/aromatic N) is 4. The van der Waals surface area contributed by atoms with E-state index < -0.39 is 38.7 Å². The van der Waals surface area contributed by atoms with Gasteiger partial charge in [0, 0.05) is 0 Å². The van der Waals surface area contributed by atoms with Crippen LogP contribution in [0.1, 0.15) is 0 Å². The zero-order valence-electron chi connectivity index (χ0n) is 8.82. The van der Waals surface area contributed by atoms with Crippen LogP contribution in [-0.2, 0) is 0 Å². The first kappa shape index (κ1) is 14.3. The fourth-order valence-corrected chi connectivity index (χ4v) is 1.17. The Morgan fingerprint density at radius 1 is 1.47 bits per heavy atom. The summed E-state index contributed by atoms with van der Waals surface area (Å²) in [6.45, 7) is 0. The molecule has 1 aromatic rings. The maximum Gasteiger partial charge on any atom is 0.300 e. The van der Waals surface area contributed by atoms with Crippen molar-refractivity contribution in [3.05, 3.63) is 32.8 Å². The zero-order valence-corrected chi connectivity index (χ0v) is 9.57. The summed E-state index contributed by atoms with van der Waals surface area (Å²) in [5, 5.41) is 29.6. The molecule has 0 radical (unpaired) electrons. The van der Waals surface area contributed by atoms with Gasteiger partial charge in [0.15, 0.2) is 17.3 Å². The van der Waals surface area contributed by atoms with E-state index in [-0.39, 0.29) is 0 Å². The minimum atomic E-state index is -1.45. The number of benzene rings is 1. The third kappa shape index (κ3) is 2.91. The van der Waals surface area contributed by atoms with Crippen molar-refractivity contribution in [1.82, 2.24) is 0 Å². The van der Waals surface area contributed by atoms with Crippen LogP contribution >= 0.6 is 11.6 Å². The van der Waals surface area contributed by atoms with Crippen LogP contribution in [-0.4, -0.2) is 10.6 Å². The molecular formula is C9H2ClF2N5O2. The molecule has 0 atom stereocenters. The van der Waals surface area contributed by atoms with Crippen LogP contribution in [0.3, 0.4) is 0 Å². The maximum absolute atomic E-state index is 13.6. The number of nitrogens with one attached hydrogen (secondary N) is 1. The SMILES string of the molecule is N#CC(C#N)=NNc1c([N+](=O)[O-])cc(F)c(Cl)c1F. The van der Waals surface area contributed by atoms with Gasteiger partial charge in [0.25, 0.3) is 5.69 Å². The van der Waals surface area contributed by atoms with Crippen molar-refractivity contribution in [2.45, 2.75) is 0 Å². The number of anilines is 1. The molecule has 0 bridgehead atoms. The van der Waals surface area contributed by atoms with Crippen LogP contribution in [0, 0.1) is 44.4 Å². The number of halogens is 3. The van der Waals surface area contributed by atoms with Gasteiger partial charge < -0.3 is 0 Å². The van der Waals surface area contributed by atoms with Crippen molar-refractivity contribution < 1.29 is 13.7 Å². The third-order valence-electron chi connectivity index (χ3n) is 1.83. The molecule has 0 aliphatic rings. The summed E-state index contributed by atoms with van der Waals surface area (Å²) in [7, 11) is 0. The molecule has 0 heterocycles. The normalized spacial score (nSPS) is 9.11. The number of nitriles is 2. The highest BCUT2D eigenvalue weighted by Gasteiger charge is 2.24. The average molecular weight is 286 g/mol. The molecule has 1 rings (SSSR count). The highest BCUT2D eigenvalue weighted by Crippen LogP contribution is 2.34. The highest BCUT2D eigenvalue weighted by molar-refractivity contribution is 6.31. The Balaban J connectivity index is 3.39. The van der Waals surface area contributed by atoms with E-state index in [1.165, 1.54) is 12.1 Å². The topological polar surface area (TPSA) is 115 Å². The summed E-state index contributed by atoms with van der Waals surface area (Å²) in [5.41, 5.74) is -0.713. The van der Waals surface area contributed by atoms with Crippen LogP contribution in [0.15, 0.2) is 11.2 Å². The van der Waals surface area contributed by atoms with Crippen molar-refractivity contribution >= 4 is 28.7 Å². The predicted molar refractivity (Wildman–Crippen MR) is 60.3 cm³/mol. The molecule has 7 nitrogen and oxygen atoms in total. The smallest absolute Gasteiger partial charge is 0.267 e. The van der Waals surface area contributed by atoms with Gasteiger partial charge in [-0.3, -0.25) is 15.5 Å². The van der Waals surface area contributed by atoms with Gasteiger partial charge in [0.1, 0.15) is 17.2 Å². The number of nitro groups is 1. The Labute approximate surface area is 109 Å². The molecule has 0 aliphatic heterocycles. The number of hydrogen-bond donors (Lipinski definition) is 1. The molecule has 96 valence electrons. The van der Waals surface area contributed by atoms with E-state index in [4.69, 9.17) is 22.1 Å². The Morgan fingerprint density at radius 3 is 2.53 bits per heavy atom. The molecule has 0 amide bonds. The fourth-order valence-electron chi connectivity index (χ4n) is 1.02. The highest BCUT2D eigenvalue weighted by atomic mass is 35.5. The second-order valence-electron chi connectivity index (χ2n) is 2.93. The summed E-state index contributed by atoms with van der Waals surface area (Å²) in [4.78, 5) is 9.56. The Morgan fingerprint density at radius 2 is 2.05 bits per heavy atom. The quantitative estimate of drug-likeness (QED) is 0.396. The van der Waals surface area contributed by atoms with Gasteiger partial charge in [-0.05, 0) is 0 Å². The lowest BCUT2D eigenvalue weighted by molar-refractivity contribution is -0.384. The average Bonchev–Trinajstić information content (AvgIpc) is 2.38. The second-order valence-corrected chi connectivity index (χ2v) is 3.31. The molecule has 0 unspecified atom stereocenters. The van der Waals surface area contributed by atoms with Gasteiger partial charge in [0.05, 0.1) is 11.0 Å². The lowest BCUT2D eigenvalue weighted by atomic mass is 10.2. The molecule has 0 aliphatic carbocycles. The predicted octanol–water partition coefficient (Wildman–Crippen LogP) is 2.34. The maximum atomic E-state index is 13.6. The Bertz CT molecular complexity index is 646. The van der Waals surface area contributed by atoms with Crippen LogP contribution < -0.4 is 5.43 Å². The van der Waals surface area contributed by atoms with Gasteiger partial charge in [-0.25, -0.2) is 8.78 Å². The van der Waals surface area contributed by atoms with Crippen molar-refractivity contribution in [1.29, 1.82) is 10.5 Å². The molecule has 10 heteroatoms. The zero-order chi connectivity index (χ0) is 14.6. The summed E-state index contributed by atoms with van der Waals surface area (Å²) in [6, 6.07) is 3.08. The van der Waals surface area contributed by atoms with E-state index in [9.17, 15) is 18.9 Å². The fraction of sp³-hybridized carbons (Fsp3) is 0. The van der Waals surface area contributed by atoms with E-state index >= 15 is 0 Å². The van der Waals surface area contributed by atoms with Crippen LogP contribution in [0.4, 0.5) is 20.2 Å². The van der Waals surface area contributed by atoms with Gasteiger partial charge >= 0.3 is 0 Å². The van der Waals surface area contributed by atoms with E-state index in [0.29, 0.717) is 6.07 Å². The van der Waals surface area contributed by atoms with Crippen molar-refractivity contribution in [3.8, 4) is 12.1 Å². The van der Waals surface area contributed by atoms with Gasteiger partial charge in [-0.1, -0.05) is 11.6 Å². The number of hydrazone groups is 1. The summed E-state index contributed by atoms with van der Waals surface area (Å²) >= 11 is 5.25. The molecule has 0 fully saturated rings. The molecule has 0 saturated heterocycles. The summed E-state index contributed by atoms with van der Waals surface area (Å²) in [5.74, 6) is -2.77. The monoisotopic (exact) mass is 285 g/mol. The number of nitro benzene ring substituents is 1. The third-order valence-corrected chi connectivity index (χ3v) is 2.18. The molecule has 1 aromatic carbocycles. The summed E-state index contributed by atoms with van der Waals surface area (Å²) in [6.07, 6.45) is 0. The first-order chi connectivity index (χ1) is 8.92. The lowest BCUT2D eigenvalue weighted by Crippen LogP contribution is -2.04. The first-order valence-corrected chi connectivity index (χ1v) is 4.76.